The van der Waals surface area contributed by atoms with Crippen LogP contribution in [0.3, 0.4) is 0 Å². The van der Waals surface area contributed by atoms with E-state index in [0.717, 1.165) is 6.26 Å². The average molecular weight is 516 g/mol. The Morgan fingerprint density at radius 2 is 1.85 bits per heavy atom. The lowest BCUT2D eigenvalue weighted by molar-refractivity contribution is 0.223. The largest absolute Gasteiger partial charge is 0.489 e. The highest BCUT2D eigenvalue weighted by Gasteiger charge is 2.22. The Balaban J connectivity index is 0.00000676. The van der Waals surface area contributed by atoms with Gasteiger partial charge in [0.1, 0.15) is 17.7 Å². The molecule has 0 bridgehead atoms. The van der Waals surface area contributed by atoms with Crippen molar-refractivity contribution >= 4 is 40.0 Å². The van der Waals surface area contributed by atoms with E-state index < -0.39 is 15.6 Å². The first-order valence-corrected chi connectivity index (χ1v) is 10.3. The van der Waals surface area contributed by atoms with Crippen molar-refractivity contribution in [3.05, 3.63) is 30.1 Å². The number of halogens is 2. The molecule has 0 radical (unpaired) electrons. The molecule has 10 heteroatoms. The van der Waals surface area contributed by atoms with Crippen LogP contribution in [-0.2, 0) is 10.0 Å². The van der Waals surface area contributed by atoms with E-state index >= 15 is 0 Å². The van der Waals surface area contributed by atoms with Crippen molar-refractivity contribution in [1.29, 1.82) is 0 Å². The molecular weight excluding hydrogens is 486 g/mol. The second-order valence-corrected chi connectivity index (χ2v) is 8.47. The Labute approximate surface area is 178 Å². The molecule has 0 aliphatic rings. The summed E-state index contributed by atoms with van der Waals surface area (Å²) in [5, 5.41) is 6.25. The van der Waals surface area contributed by atoms with Crippen LogP contribution in [-0.4, -0.2) is 51.9 Å². The van der Waals surface area contributed by atoms with Crippen molar-refractivity contribution in [3.8, 4) is 5.75 Å². The first kappa shape index (κ1) is 25.9. The summed E-state index contributed by atoms with van der Waals surface area (Å²) in [4.78, 5) is 4.42. The molecule has 0 amide bonds. The van der Waals surface area contributed by atoms with Crippen molar-refractivity contribution in [1.82, 2.24) is 15.4 Å². The van der Waals surface area contributed by atoms with Crippen LogP contribution in [0.25, 0.3) is 0 Å². The number of hydrogen-bond donors (Lipinski definition) is 3. The smallest absolute Gasteiger partial charge is 0.209 e. The number of nitrogens with one attached hydrogen (secondary N) is 3. The van der Waals surface area contributed by atoms with Gasteiger partial charge in [0.2, 0.25) is 10.0 Å². The fourth-order valence-electron chi connectivity index (χ4n) is 2.18. The van der Waals surface area contributed by atoms with Crippen LogP contribution in [0.2, 0.25) is 0 Å². The summed E-state index contributed by atoms with van der Waals surface area (Å²) in [6, 6.07) is 5.84. The molecule has 1 aromatic carbocycles. The monoisotopic (exact) mass is 516 g/mol. The number of guanidine groups is 1. The van der Waals surface area contributed by atoms with E-state index in [1.165, 1.54) is 12.1 Å². The SMILES string of the molecule is CCNC(=NCC(C)(C)NS(C)(=O)=O)NCC(C)Oc1ccc(F)cc1.I. The predicted molar refractivity (Wildman–Crippen MR) is 118 cm³/mol. The quantitative estimate of drug-likeness (QED) is 0.266. The van der Waals surface area contributed by atoms with Gasteiger partial charge in [-0.2, -0.15) is 0 Å². The van der Waals surface area contributed by atoms with Crippen LogP contribution < -0.4 is 20.1 Å². The van der Waals surface area contributed by atoms with E-state index in [9.17, 15) is 12.8 Å². The Morgan fingerprint density at radius 3 is 2.37 bits per heavy atom. The van der Waals surface area contributed by atoms with Crippen LogP contribution in [0.4, 0.5) is 4.39 Å². The molecule has 1 atom stereocenters. The average Bonchev–Trinajstić information content (AvgIpc) is 2.50. The summed E-state index contributed by atoms with van der Waals surface area (Å²) >= 11 is 0. The molecule has 1 rings (SSSR count). The molecule has 0 heterocycles. The van der Waals surface area contributed by atoms with Crippen LogP contribution in [0.15, 0.2) is 29.3 Å². The molecule has 0 saturated heterocycles. The molecule has 3 N–H and O–H groups in total. The lowest BCUT2D eigenvalue weighted by Gasteiger charge is -2.24. The number of benzene rings is 1. The van der Waals surface area contributed by atoms with Crippen LogP contribution >= 0.6 is 24.0 Å². The number of hydrogen-bond acceptors (Lipinski definition) is 4. The van der Waals surface area contributed by atoms with Gasteiger partial charge in [-0.3, -0.25) is 4.99 Å². The highest BCUT2D eigenvalue weighted by atomic mass is 127. The van der Waals surface area contributed by atoms with E-state index in [2.05, 4.69) is 20.3 Å². The molecule has 27 heavy (non-hydrogen) atoms. The highest BCUT2D eigenvalue weighted by molar-refractivity contribution is 14.0. The summed E-state index contributed by atoms with van der Waals surface area (Å²) in [5.74, 6) is 0.835. The second-order valence-electron chi connectivity index (χ2n) is 6.72. The Kier molecular flexibility index (Phi) is 11.2. The molecule has 1 aromatic rings. The molecular formula is C17H30FIN4O3S. The summed E-state index contributed by atoms with van der Waals surface area (Å²) in [7, 11) is -3.31. The fourth-order valence-corrected chi connectivity index (χ4v) is 3.25. The molecule has 0 saturated carbocycles. The molecule has 7 nitrogen and oxygen atoms in total. The topological polar surface area (TPSA) is 91.8 Å². The summed E-state index contributed by atoms with van der Waals surface area (Å²) in [6.45, 7) is 8.76. The standard InChI is InChI=1S/C17H29FN4O3S.HI/c1-6-19-16(21-12-17(3,4)22-26(5,23)24)20-11-13(2)25-15-9-7-14(18)8-10-15;/h7-10,13,22H,6,11-12H2,1-5H3,(H2,19,20,21);1H. The van der Waals surface area contributed by atoms with E-state index in [0.29, 0.717) is 24.8 Å². The molecule has 0 spiro atoms. The molecule has 0 aromatic heterocycles. The minimum absolute atomic E-state index is 0. The maximum absolute atomic E-state index is 12.9. The van der Waals surface area contributed by atoms with Crippen molar-refractivity contribution < 1.29 is 17.5 Å². The van der Waals surface area contributed by atoms with Gasteiger partial charge in [-0.25, -0.2) is 17.5 Å². The van der Waals surface area contributed by atoms with E-state index in [-0.39, 0.29) is 42.4 Å². The third kappa shape index (κ3) is 12.0. The van der Waals surface area contributed by atoms with Gasteiger partial charge in [0, 0.05) is 12.1 Å². The molecule has 0 aliphatic carbocycles. The highest BCUT2D eigenvalue weighted by Crippen LogP contribution is 2.12. The zero-order valence-electron chi connectivity index (χ0n) is 16.4. The fraction of sp³-hybridized carbons (Fsp3) is 0.588. The summed E-state index contributed by atoms with van der Waals surface area (Å²) in [5.41, 5.74) is -0.702. The zero-order valence-corrected chi connectivity index (χ0v) is 19.5. The number of aliphatic imine (C=N–C) groups is 1. The Hall–Kier alpha value is -1.14. The van der Waals surface area contributed by atoms with E-state index in [4.69, 9.17) is 4.74 Å². The first-order chi connectivity index (χ1) is 12.0. The molecule has 0 aliphatic heterocycles. The summed E-state index contributed by atoms with van der Waals surface area (Å²) < 4.78 is 44.0. The van der Waals surface area contributed by atoms with Crippen LogP contribution in [0, 0.1) is 5.82 Å². The number of rotatable bonds is 9. The molecule has 1 unspecified atom stereocenters. The molecule has 0 fully saturated rings. The Bertz CT molecular complexity index is 697. The van der Waals surface area contributed by atoms with Gasteiger partial charge in [0.15, 0.2) is 5.96 Å². The number of sulfonamides is 1. The maximum Gasteiger partial charge on any atom is 0.209 e. The van der Waals surface area contributed by atoms with Gasteiger partial charge in [0.25, 0.3) is 0 Å². The van der Waals surface area contributed by atoms with Crippen LogP contribution in [0.1, 0.15) is 27.7 Å². The Morgan fingerprint density at radius 1 is 1.26 bits per heavy atom. The van der Waals surface area contributed by atoms with Crippen LogP contribution in [0.5, 0.6) is 5.75 Å². The third-order valence-corrected chi connectivity index (χ3v) is 4.07. The molecule has 156 valence electrons. The van der Waals surface area contributed by atoms with Crippen molar-refractivity contribution in [2.45, 2.75) is 39.3 Å². The lowest BCUT2D eigenvalue weighted by atomic mass is 10.1. The maximum atomic E-state index is 12.9. The zero-order chi connectivity index (χ0) is 19.8. The van der Waals surface area contributed by atoms with Gasteiger partial charge in [-0.15, -0.1) is 24.0 Å². The van der Waals surface area contributed by atoms with Gasteiger partial charge in [0.05, 0.1) is 19.3 Å². The van der Waals surface area contributed by atoms with Gasteiger partial charge in [-0.05, 0) is 52.0 Å². The predicted octanol–water partition coefficient (Wildman–Crippen LogP) is 2.09. The van der Waals surface area contributed by atoms with E-state index in [1.54, 1.807) is 26.0 Å². The van der Waals surface area contributed by atoms with Gasteiger partial charge in [-0.1, -0.05) is 0 Å². The normalized spacial score (nSPS) is 13.5. The van der Waals surface area contributed by atoms with Gasteiger partial charge >= 0.3 is 0 Å². The second kappa shape index (κ2) is 11.6. The number of ether oxygens (including phenoxy) is 1. The van der Waals surface area contributed by atoms with Crippen molar-refractivity contribution in [2.24, 2.45) is 4.99 Å². The third-order valence-electron chi connectivity index (χ3n) is 3.15. The van der Waals surface area contributed by atoms with Crippen molar-refractivity contribution in [3.63, 3.8) is 0 Å². The minimum atomic E-state index is -3.31. The van der Waals surface area contributed by atoms with Crippen molar-refractivity contribution in [2.75, 3.05) is 25.9 Å². The van der Waals surface area contributed by atoms with E-state index in [1.807, 2.05) is 13.8 Å². The summed E-state index contributed by atoms with van der Waals surface area (Å²) in [6.07, 6.45) is 0.947. The lowest BCUT2D eigenvalue weighted by Crippen LogP contribution is -2.47. The van der Waals surface area contributed by atoms with Gasteiger partial charge < -0.3 is 15.4 Å². The first-order valence-electron chi connectivity index (χ1n) is 8.44. The number of nitrogens with zero attached hydrogens (tertiary/aromatic N) is 1. The minimum Gasteiger partial charge on any atom is -0.489 e.